The Labute approximate surface area is 153 Å². The van der Waals surface area contributed by atoms with Crippen LogP contribution in [-0.2, 0) is 11.5 Å². The first kappa shape index (κ1) is 18.4. The molecule has 1 saturated heterocycles. The summed E-state index contributed by atoms with van der Waals surface area (Å²) in [5, 5.41) is 4.30. The van der Waals surface area contributed by atoms with Crippen LogP contribution in [0.3, 0.4) is 0 Å². The normalized spacial score (nSPS) is 15.9. The van der Waals surface area contributed by atoms with Gasteiger partial charge in [0.2, 0.25) is 11.8 Å². The Morgan fingerprint density at radius 1 is 1.19 bits per heavy atom. The Morgan fingerprint density at radius 2 is 1.85 bits per heavy atom. The monoisotopic (exact) mass is 358 g/mol. The highest BCUT2D eigenvalue weighted by Crippen LogP contribution is 2.20. The molecule has 0 aliphatic carbocycles. The van der Waals surface area contributed by atoms with Crippen LogP contribution in [0.5, 0.6) is 0 Å². The van der Waals surface area contributed by atoms with E-state index in [1.165, 1.54) is 4.68 Å². The number of carbonyl (C=O) groups excluding carboxylic acids is 1. The summed E-state index contributed by atoms with van der Waals surface area (Å²) >= 11 is 0. The molecular formula is C19H26N4O3. The van der Waals surface area contributed by atoms with E-state index < -0.39 is 5.76 Å². The number of aromatic nitrogens is 2. The van der Waals surface area contributed by atoms with Gasteiger partial charge in [-0.2, -0.15) is 4.68 Å². The van der Waals surface area contributed by atoms with Gasteiger partial charge in [0.1, 0.15) is 6.67 Å². The molecule has 7 heteroatoms. The van der Waals surface area contributed by atoms with Crippen LogP contribution in [0.2, 0.25) is 0 Å². The molecule has 0 N–H and O–H groups in total. The first-order valence-corrected chi connectivity index (χ1v) is 9.26. The maximum Gasteiger partial charge on any atom is 0.438 e. The Hall–Kier alpha value is -2.41. The van der Waals surface area contributed by atoms with E-state index in [1.54, 1.807) is 0 Å². The summed E-state index contributed by atoms with van der Waals surface area (Å²) in [6.45, 7) is 7.48. The quantitative estimate of drug-likeness (QED) is 0.790. The van der Waals surface area contributed by atoms with Crippen LogP contribution in [0.1, 0.15) is 26.7 Å². The van der Waals surface area contributed by atoms with Gasteiger partial charge in [-0.05, 0) is 38.8 Å². The predicted molar refractivity (Wildman–Crippen MR) is 98.4 cm³/mol. The van der Waals surface area contributed by atoms with E-state index in [0.29, 0.717) is 12.6 Å². The summed E-state index contributed by atoms with van der Waals surface area (Å²) in [7, 11) is 0. The molecule has 1 aromatic heterocycles. The largest absolute Gasteiger partial charge is 0.438 e. The van der Waals surface area contributed by atoms with Gasteiger partial charge in [0.05, 0.1) is 0 Å². The van der Waals surface area contributed by atoms with Gasteiger partial charge >= 0.3 is 5.76 Å². The highest BCUT2D eigenvalue weighted by Gasteiger charge is 2.28. The molecule has 0 bridgehead atoms. The van der Waals surface area contributed by atoms with Crippen molar-refractivity contribution in [3.8, 4) is 11.5 Å². The van der Waals surface area contributed by atoms with Crippen molar-refractivity contribution >= 4 is 5.91 Å². The molecule has 2 heterocycles. The standard InChI is InChI=1S/C19H26N4O3/c1-3-22(4-2)18(24)16-10-12-21(13-11-16)14-23-19(25)26-17(20-23)15-8-6-5-7-9-15/h5-9,16H,3-4,10-14H2,1-2H3. The van der Waals surface area contributed by atoms with Crippen molar-refractivity contribution in [3.63, 3.8) is 0 Å². The van der Waals surface area contributed by atoms with Gasteiger partial charge in [-0.15, -0.1) is 5.10 Å². The average molecular weight is 358 g/mol. The number of piperidine rings is 1. The number of hydrogen-bond acceptors (Lipinski definition) is 5. The zero-order valence-corrected chi connectivity index (χ0v) is 15.4. The number of benzene rings is 1. The molecule has 1 aliphatic heterocycles. The van der Waals surface area contributed by atoms with Gasteiger partial charge in [0.15, 0.2) is 0 Å². The van der Waals surface area contributed by atoms with Gasteiger partial charge in [0.25, 0.3) is 0 Å². The highest BCUT2D eigenvalue weighted by molar-refractivity contribution is 5.78. The molecule has 0 saturated carbocycles. The van der Waals surface area contributed by atoms with Crippen molar-refractivity contribution in [2.75, 3.05) is 26.2 Å². The second-order valence-corrected chi connectivity index (χ2v) is 6.58. The van der Waals surface area contributed by atoms with Crippen LogP contribution in [0.25, 0.3) is 11.5 Å². The summed E-state index contributed by atoms with van der Waals surface area (Å²) in [4.78, 5) is 28.6. The van der Waals surface area contributed by atoms with Gasteiger partial charge < -0.3 is 9.32 Å². The van der Waals surface area contributed by atoms with Crippen molar-refractivity contribution in [1.29, 1.82) is 0 Å². The van der Waals surface area contributed by atoms with E-state index in [9.17, 15) is 9.59 Å². The molecule has 2 aromatic rings. The van der Waals surface area contributed by atoms with Crippen molar-refractivity contribution in [2.45, 2.75) is 33.4 Å². The van der Waals surface area contributed by atoms with E-state index in [-0.39, 0.29) is 11.8 Å². The number of hydrogen-bond donors (Lipinski definition) is 0. The Balaban J connectivity index is 1.59. The lowest BCUT2D eigenvalue weighted by molar-refractivity contribution is -0.136. The first-order valence-electron chi connectivity index (χ1n) is 9.26. The van der Waals surface area contributed by atoms with Gasteiger partial charge in [-0.3, -0.25) is 9.69 Å². The smallest absolute Gasteiger partial charge is 0.388 e. The average Bonchev–Trinajstić information content (AvgIpc) is 3.04. The van der Waals surface area contributed by atoms with E-state index in [2.05, 4.69) is 10.00 Å². The third-order valence-corrected chi connectivity index (χ3v) is 4.97. The number of amides is 1. The summed E-state index contributed by atoms with van der Waals surface area (Å²) in [6.07, 6.45) is 1.63. The van der Waals surface area contributed by atoms with Crippen LogP contribution in [0, 0.1) is 5.92 Å². The second-order valence-electron chi connectivity index (χ2n) is 6.58. The molecule has 1 aliphatic rings. The lowest BCUT2D eigenvalue weighted by Crippen LogP contribution is -2.43. The molecule has 140 valence electrons. The van der Waals surface area contributed by atoms with Crippen molar-refractivity contribution in [2.24, 2.45) is 5.92 Å². The topological polar surface area (TPSA) is 71.6 Å². The Bertz CT molecular complexity index is 772. The fourth-order valence-electron chi connectivity index (χ4n) is 3.40. The maximum atomic E-state index is 12.5. The minimum Gasteiger partial charge on any atom is -0.388 e. The summed E-state index contributed by atoms with van der Waals surface area (Å²) < 4.78 is 6.63. The summed E-state index contributed by atoms with van der Waals surface area (Å²) in [5.41, 5.74) is 0.784. The van der Waals surface area contributed by atoms with E-state index in [0.717, 1.165) is 44.6 Å². The second kappa shape index (κ2) is 8.31. The number of rotatable bonds is 6. The first-order chi connectivity index (χ1) is 12.6. The third-order valence-electron chi connectivity index (χ3n) is 4.97. The summed E-state index contributed by atoms with van der Waals surface area (Å²) in [6, 6.07) is 9.39. The zero-order chi connectivity index (χ0) is 18.5. The molecule has 0 unspecified atom stereocenters. The molecule has 7 nitrogen and oxygen atoms in total. The molecule has 0 atom stereocenters. The SMILES string of the molecule is CCN(CC)C(=O)C1CCN(Cn2nc(-c3ccccc3)oc2=O)CC1. The van der Waals surface area contributed by atoms with Gasteiger partial charge in [0, 0.05) is 37.7 Å². The molecule has 3 rings (SSSR count). The number of carbonyl (C=O) groups is 1. The predicted octanol–water partition coefficient (Wildman–Crippen LogP) is 2.04. The Kier molecular flexibility index (Phi) is 5.88. The fraction of sp³-hybridized carbons (Fsp3) is 0.526. The lowest BCUT2D eigenvalue weighted by Gasteiger charge is -2.33. The Morgan fingerprint density at radius 3 is 2.46 bits per heavy atom. The lowest BCUT2D eigenvalue weighted by atomic mass is 9.95. The minimum absolute atomic E-state index is 0.0834. The molecule has 26 heavy (non-hydrogen) atoms. The van der Waals surface area contributed by atoms with Crippen LogP contribution in [0.15, 0.2) is 39.5 Å². The fourth-order valence-corrected chi connectivity index (χ4v) is 3.40. The highest BCUT2D eigenvalue weighted by atomic mass is 16.4. The molecule has 0 radical (unpaired) electrons. The van der Waals surface area contributed by atoms with Crippen molar-refractivity contribution in [1.82, 2.24) is 19.6 Å². The van der Waals surface area contributed by atoms with Gasteiger partial charge in [-0.25, -0.2) is 4.79 Å². The van der Waals surface area contributed by atoms with Crippen molar-refractivity contribution < 1.29 is 9.21 Å². The molecule has 1 aromatic carbocycles. The van der Waals surface area contributed by atoms with Gasteiger partial charge in [-0.1, -0.05) is 18.2 Å². The van der Waals surface area contributed by atoms with Crippen LogP contribution >= 0.6 is 0 Å². The summed E-state index contributed by atoms with van der Waals surface area (Å²) in [5.74, 6) is 0.215. The molecule has 1 amide bonds. The molecule has 0 spiro atoms. The third kappa shape index (κ3) is 4.04. The molecule has 1 fully saturated rings. The maximum absolute atomic E-state index is 12.5. The van der Waals surface area contributed by atoms with E-state index >= 15 is 0 Å². The molecular weight excluding hydrogens is 332 g/mol. The number of nitrogens with zero attached hydrogens (tertiary/aromatic N) is 4. The van der Waals surface area contributed by atoms with E-state index in [4.69, 9.17) is 4.42 Å². The van der Waals surface area contributed by atoms with Crippen LogP contribution in [-0.4, -0.2) is 51.7 Å². The van der Waals surface area contributed by atoms with Crippen LogP contribution < -0.4 is 5.76 Å². The van der Waals surface area contributed by atoms with Crippen molar-refractivity contribution in [3.05, 3.63) is 40.9 Å². The minimum atomic E-state index is -0.454. The van der Waals surface area contributed by atoms with E-state index in [1.807, 2.05) is 49.1 Å². The zero-order valence-electron chi connectivity index (χ0n) is 15.4. The number of likely N-dealkylation sites (tertiary alicyclic amines) is 1. The van der Waals surface area contributed by atoms with Crippen LogP contribution in [0.4, 0.5) is 0 Å².